The van der Waals surface area contributed by atoms with Crippen LogP contribution >= 0.6 is 0 Å². The molecule has 0 fully saturated rings. The van der Waals surface area contributed by atoms with E-state index in [1.165, 1.54) is 63.1 Å². The SMILES string of the molecule is Cn1cc(N=CB=O)cc1C(=O)Nc1cn(C)c(C(=O)O)n1.Cn1cc(N=CB=O)cc1C(=O)O.Cn1cc(N=CB=O)nc1C(=O)O. The monoisotopic (exact) mass is 658 g/mol. The maximum absolute atomic E-state index is 12.2. The zero-order valence-electron chi connectivity index (χ0n) is 25.7. The molecule has 4 aromatic heterocycles. The number of aromatic nitrogens is 6. The Morgan fingerprint density at radius 2 is 1.10 bits per heavy atom. The number of nitrogens with zero attached hydrogens (tertiary/aromatic N) is 9. The first-order chi connectivity index (χ1) is 22.7. The quantitative estimate of drug-likeness (QED) is 0.128. The molecule has 0 aliphatic heterocycles. The van der Waals surface area contributed by atoms with Crippen LogP contribution < -0.4 is 5.32 Å². The second-order valence-corrected chi connectivity index (χ2v) is 9.10. The Labute approximate surface area is 272 Å². The molecule has 4 aromatic rings. The number of anilines is 1. The molecule has 23 heteroatoms. The van der Waals surface area contributed by atoms with E-state index >= 15 is 0 Å². The predicted molar refractivity (Wildman–Crippen MR) is 170 cm³/mol. The van der Waals surface area contributed by atoms with Crippen LogP contribution in [0.5, 0.6) is 0 Å². The molecule has 0 aliphatic carbocycles. The van der Waals surface area contributed by atoms with Crippen molar-refractivity contribution in [3.63, 3.8) is 0 Å². The predicted octanol–water partition coefficient (Wildman–Crippen LogP) is 0.679. The summed E-state index contributed by atoms with van der Waals surface area (Å²) in [6.45, 7) is 0. The topological polar surface area (TPSA) is 275 Å². The average Bonchev–Trinajstić information content (AvgIpc) is 3.79. The van der Waals surface area contributed by atoms with E-state index in [1.807, 2.05) is 0 Å². The van der Waals surface area contributed by atoms with Crippen LogP contribution in [0.2, 0.25) is 0 Å². The molecule has 4 heterocycles. The summed E-state index contributed by atoms with van der Waals surface area (Å²) in [6.07, 6.45) is 9.09. The van der Waals surface area contributed by atoms with Crippen molar-refractivity contribution in [2.75, 3.05) is 5.32 Å². The van der Waals surface area contributed by atoms with Crippen molar-refractivity contribution in [3.05, 3.63) is 60.0 Å². The molecule has 0 saturated heterocycles. The third-order valence-electron chi connectivity index (χ3n) is 5.63. The maximum atomic E-state index is 12.2. The molecule has 0 spiro atoms. The molecule has 244 valence electrons. The molecule has 0 radical (unpaired) electrons. The molecule has 0 atom stereocenters. The van der Waals surface area contributed by atoms with Crippen LogP contribution in [0.15, 0.2) is 51.9 Å². The minimum atomic E-state index is -1.19. The zero-order valence-corrected chi connectivity index (χ0v) is 25.7. The Bertz CT molecular complexity index is 1860. The number of carbonyl (C=O) groups excluding carboxylic acids is 1. The van der Waals surface area contributed by atoms with Crippen LogP contribution in [0.3, 0.4) is 0 Å². The van der Waals surface area contributed by atoms with Crippen LogP contribution in [0.25, 0.3) is 0 Å². The fourth-order valence-corrected chi connectivity index (χ4v) is 3.63. The molecule has 0 unspecified atom stereocenters. The van der Waals surface area contributed by atoms with Gasteiger partial charge in [-0.3, -0.25) is 0 Å². The number of carbonyl (C=O) groups is 4. The number of carboxylic acid groups (broad SMARTS) is 3. The summed E-state index contributed by atoms with van der Waals surface area (Å²) in [6, 6.07) is 2.89. The van der Waals surface area contributed by atoms with Gasteiger partial charge in [0.2, 0.25) is 0 Å². The van der Waals surface area contributed by atoms with E-state index in [0.717, 1.165) is 18.3 Å². The fourth-order valence-electron chi connectivity index (χ4n) is 3.63. The number of amides is 1. The molecule has 0 saturated carbocycles. The number of imidazole rings is 2. The number of aromatic carboxylic acids is 3. The van der Waals surface area contributed by atoms with Crippen molar-refractivity contribution in [1.29, 1.82) is 0 Å². The number of hydrogen-bond donors (Lipinski definition) is 4. The molecule has 0 aliphatic rings. The van der Waals surface area contributed by atoms with Crippen LogP contribution in [0.1, 0.15) is 42.2 Å². The van der Waals surface area contributed by atoms with Gasteiger partial charge in [0.25, 0.3) is 0 Å². The second kappa shape index (κ2) is 17.8. The molecule has 0 bridgehead atoms. The van der Waals surface area contributed by atoms with Gasteiger partial charge in [0.15, 0.2) is 0 Å². The molecule has 1 amide bonds. The molecule has 20 nitrogen and oxygen atoms in total. The molecule has 0 aromatic carbocycles. The van der Waals surface area contributed by atoms with Crippen LogP contribution in [-0.2, 0) is 42.3 Å². The Hall–Kier alpha value is -6.54. The van der Waals surface area contributed by atoms with Gasteiger partial charge in [-0.05, 0) is 0 Å². The second-order valence-electron chi connectivity index (χ2n) is 9.10. The Kier molecular flexibility index (Phi) is 14.0. The van der Waals surface area contributed by atoms with Crippen molar-refractivity contribution < 1.29 is 48.6 Å². The number of nitrogens with one attached hydrogen (secondary N) is 1. The van der Waals surface area contributed by atoms with Crippen molar-refractivity contribution in [2.24, 2.45) is 43.2 Å². The molecular weight excluding hydrogens is 633 g/mol. The van der Waals surface area contributed by atoms with Gasteiger partial charge in [-0.25, -0.2) is 0 Å². The van der Waals surface area contributed by atoms with E-state index in [0.29, 0.717) is 38.5 Å². The molecule has 48 heavy (non-hydrogen) atoms. The van der Waals surface area contributed by atoms with E-state index in [2.05, 4.69) is 30.3 Å². The molecular formula is C25H25B3N10O10. The summed E-state index contributed by atoms with van der Waals surface area (Å²) >= 11 is 0. The van der Waals surface area contributed by atoms with Gasteiger partial charge in [-0.15, -0.1) is 0 Å². The normalized spacial score (nSPS) is 10.4. The first-order valence-corrected chi connectivity index (χ1v) is 13.1. The zero-order chi connectivity index (χ0) is 36.0. The molecule has 4 N–H and O–H groups in total. The summed E-state index contributed by atoms with van der Waals surface area (Å²) in [5, 5.41) is 28.7. The van der Waals surface area contributed by atoms with Gasteiger partial charge < -0.3 is 0 Å². The Morgan fingerprint density at radius 3 is 1.54 bits per heavy atom. The summed E-state index contributed by atoms with van der Waals surface area (Å²) in [5.41, 5.74) is 1.33. The van der Waals surface area contributed by atoms with Gasteiger partial charge in [0.1, 0.15) is 0 Å². The third kappa shape index (κ3) is 10.8. The summed E-state index contributed by atoms with van der Waals surface area (Å²) in [5.74, 6) is -3.77. The number of rotatable bonds is 11. The van der Waals surface area contributed by atoms with Crippen molar-refractivity contribution >= 4 is 86.6 Å². The van der Waals surface area contributed by atoms with Gasteiger partial charge in [0.05, 0.1) is 0 Å². The first-order valence-electron chi connectivity index (χ1n) is 13.1. The Balaban J connectivity index is 0.000000266. The van der Waals surface area contributed by atoms with Gasteiger partial charge in [0, 0.05) is 0 Å². The van der Waals surface area contributed by atoms with E-state index < -0.39 is 23.8 Å². The molecule has 4 rings (SSSR count). The first kappa shape index (κ1) is 37.7. The van der Waals surface area contributed by atoms with Crippen LogP contribution in [0.4, 0.5) is 23.0 Å². The van der Waals surface area contributed by atoms with Crippen LogP contribution in [-0.4, -0.2) is 107 Å². The van der Waals surface area contributed by atoms with E-state index in [9.17, 15) is 33.3 Å². The number of aryl methyl sites for hydroxylation is 4. The van der Waals surface area contributed by atoms with Gasteiger partial charge >= 0.3 is 272 Å². The van der Waals surface area contributed by atoms with E-state index in [1.54, 1.807) is 20.3 Å². The summed E-state index contributed by atoms with van der Waals surface area (Å²) in [4.78, 5) is 62.8. The number of carboxylic acids is 3. The number of hydrogen-bond acceptors (Lipinski definition) is 12. The minimum absolute atomic E-state index is 0.113. The summed E-state index contributed by atoms with van der Waals surface area (Å²) in [7, 11) is 7.87. The standard InChI is InChI=1S/C12H12BN5O4.C7H7BN2O3.C6H6BN3O3/c1-17-4-7(14-6-13-22)3-8(17)11(19)16-9-5-18(2)10(15-9)12(20)21;1-10-3-5(9-4-8-13)2-6(10)7(11)12;1-10-2-4(8-3-7-13)9-5(10)6(11)12/h3-6H,1-2H3,(H,16,19)(H,20,21);2-4H,1H3,(H,11,12);2-3H,1H3,(H,11,12). The Morgan fingerprint density at radius 1 is 0.646 bits per heavy atom. The summed E-state index contributed by atoms with van der Waals surface area (Å²) < 4.78 is 35.7. The fraction of sp³-hybridized carbons (Fsp3) is 0.160. The van der Waals surface area contributed by atoms with Gasteiger partial charge in [-0.1, -0.05) is 0 Å². The third-order valence-corrected chi connectivity index (χ3v) is 5.63. The average molecular weight is 658 g/mol. The van der Waals surface area contributed by atoms with Crippen molar-refractivity contribution in [2.45, 2.75) is 0 Å². The van der Waals surface area contributed by atoms with E-state index in [4.69, 9.17) is 15.3 Å². The van der Waals surface area contributed by atoms with Crippen molar-refractivity contribution in [3.8, 4) is 0 Å². The van der Waals surface area contributed by atoms with E-state index in [-0.39, 0.29) is 29.0 Å². The van der Waals surface area contributed by atoms with Crippen LogP contribution in [0, 0.1) is 0 Å². The van der Waals surface area contributed by atoms with Crippen molar-refractivity contribution in [1.82, 2.24) is 28.2 Å². The van der Waals surface area contributed by atoms with Gasteiger partial charge in [-0.2, -0.15) is 0 Å². The number of aliphatic imine (C=N–C) groups is 3.